The number of nitrogens with zero attached hydrogens (tertiary/aromatic N) is 1. The fourth-order valence-corrected chi connectivity index (χ4v) is 7.17. The van der Waals surface area contributed by atoms with E-state index in [0.717, 1.165) is 18.2 Å². The van der Waals surface area contributed by atoms with E-state index in [1.165, 1.54) is 6.07 Å². The largest absolute Gasteiger partial charge is 0.416 e. The van der Waals surface area contributed by atoms with E-state index in [-0.39, 0.29) is 40.1 Å². The number of hydrogen-bond acceptors (Lipinski definition) is 5. The van der Waals surface area contributed by atoms with Crippen molar-refractivity contribution in [1.29, 1.82) is 0 Å². The highest BCUT2D eigenvalue weighted by Crippen LogP contribution is 2.33. The molecule has 1 aliphatic carbocycles. The molecule has 2 amide bonds. The summed E-state index contributed by atoms with van der Waals surface area (Å²) in [7, 11) is -3.62. The third kappa shape index (κ3) is 6.55. The summed E-state index contributed by atoms with van der Waals surface area (Å²) in [5.74, 6) is -1.64. The van der Waals surface area contributed by atoms with Gasteiger partial charge in [0.2, 0.25) is 5.91 Å². The van der Waals surface area contributed by atoms with Crippen molar-refractivity contribution in [2.24, 2.45) is 11.7 Å². The normalized spacial score (nSPS) is 25.1. The molecule has 0 radical (unpaired) electrons. The summed E-state index contributed by atoms with van der Waals surface area (Å²) in [6, 6.07) is 10.8. The molecule has 2 aromatic carbocycles. The molecule has 2 fully saturated rings. The van der Waals surface area contributed by atoms with Crippen molar-refractivity contribution in [3.63, 3.8) is 0 Å². The molecule has 2 aromatic rings. The first-order chi connectivity index (χ1) is 18.0. The monoisotopic (exact) mass is 551 g/mol. The maximum atomic E-state index is 13.7. The Balaban J connectivity index is 1.53. The van der Waals surface area contributed by atoms with Gasteiger partial charge in [0.1, 0.15) is 6.04 Å². The molecule has 2 aliphatic rings. The van der Waals surface area contributed by atoms with Crippen molar-refractivity contribution < 1.29 is 31.2 Å². The van der Waals surface area contributed by atoms with Crippen LogP contribution in [0.2, 0.25) is 0 Å². The maximum absolute atomic E-state index is 13.7. The minimum Gasteiger partial charge on any atom is -0.340 e. The van der Waals surface area contributed by atoms with Gasteiger partial charge >= 0.3 is 6.18 Å². The molecule has 1 aliphatic heterocycles. The predicted octanol–water partition coefficient (Wildman–Crippen LogP) is 3.79. The molecule has 0 aromatic heterocycles. The summed E-state index contributed by atoms with van der Waals surface area (Å²) in [5, 5.41) is 2.63. The van der Waals surface area contributed by atoms with Gasteiger partial charge in [-0.3, -0.25) is 9.59 Å². The van der Waals surface area contributed by atoms with E-state index < -0.39 is 33.5 Å². The molecule has 4 rings (SSSR count). The summed E-state index contributed by atoms with van der Waals surface area (Å²) in [5.41, 5.74) is 5.08. The minimum atomic E-state index is -4.60. The van der Waals surface area contributed by atoms with Gasteiger partial charge in [0.15, 0.2) is 9.84 Å². The number of amides is 2. The molecule has 3 N–H and O–H groups in total. The molecule has 0 spiro atoms. The fraction of sp³-hybridized carbons (Fsp3) is 0.481. The van der Waals surface area contributed by atoms with Gasteiger partial charge in [-0.25, -0.2) is 8.42 Å². The van der Waals surface area contributed by atoms with Gasteiger partial charge in [-0.2, -0.15) is 13.2 Å². The lowest BCUT2D eigenvalue weighted by molar-refractivity contribution is -0.138. The van der Waals surface area contributed by atoms with Crippen LogP contribution in [0.1, 0.15) is 54.4 Å². The Morgan fingerprint density at radius 2 is 1.76 bits per heavy atom. The summed E-state index contributed by atoms with van der Waals surface area (Å²) in [6.07, 6.45) is -1.33. The van der Waals surface area contributed by atoms with E-state index in [4.69, 9.17) is 5.73 Å². The molecule has 206 valence electrons. The number of sulfone groups is 1. The number of alkyl halides is 3. The lowest BCUT2D eigenvalue weighted by atomic mass is 9.82. The third-order valence-electron chi connectivity index (χ3n) is 7.40. The molecular formula is C27H32F3N3O4S. The van der Waals surface area contributed by atoms with E-state index in [2.05, 4.69) is 5.32 Å². The second kappa shape index (κ2) is 11.4. The van der Waals surface area contributed by atoms with Crippen LogP contribution in [0, 0.1) is 5.92 Å². The zero-order chi connectivity index (χ0) is 27.5. The summed E-state index contributed by atoms with van der Waals surface area (Å²) < 4.78 is 65.7. The number of halogens is 3. The number of carbonyl (C=O) groups excluding carboxylic acids is 2. The third-order valence-corrected chi connectivity index (χ3v) is 9.26. The quantitative estimate of drug-likeness (QED) is 0.568. The average molecular weight is 552 g/mol. The number of hydrogen-bond donors (Lipinski definition) is 2. The van der Waals surface area contributed by atoms with Gasteiger partial charge < -0.3 is 16.0 Å². The highest BCUT2D eigenvalue weighted by atomic mass is 32.2. The standard InChI is InChI=1S/C27H32F3N3O4S/c28-27(29,30)20-8-6-7-18(15-20)25(34)32-23-11-4-5-14-33(26(23)35)24-13-12-21(31)16-19(24)17-38(36,37)22-9-2-1-3-10-22/h1-3,6-10,15,19,21,23-24H,4-5,11-14,16-17,31H2,(H,32,34)/t19?,21-,23+,24?/m1/s1. The zero-order valence-electron chi connectivity index (χ0n) is 20.9. The van der Waals surface area contributed by atoms with Crippen LogP contribution < -0.4 is 11.1 Å². The van der Waals surface area contributed by atoms with Crippen LogP contribution in [0.15, 0.2) is 59.5 Å². The Labute approximate surface area is 220 Å². The number of likely N-dealkylation sites (tertiary alicyclic amines) is 1. The molecule has 2 unspecified atom stereocenters. The van der Waals surface area contributed by atoms with E-state index >= 15 is 0 Å². The van der Waals surface area contributed by atoms with Crippen LogP contribution in [0.3, 0.4) is 0 Å². The lowest BCUT2D eigenvalue weighted by Crippen LogP contribution is -2.55. The molecule has 4 atom stereocenters. The van der Waals surface area contributed by atoms with Crippen molar-refractivity contribution in [3.8, 4) is 0 Å². The van der Waals surface area contributed by atoms with Gasteiger partial charge in [-0.1, -0.05) is 24.3 Å². The Hall–Kier alpha value is -2.92. The second-order valence-corrected chi connectivity index (χ2v) is 12.2. The second-order valence-electron chi connectivity index (χ2n) is 10.1. The Morgan fingerprint density at radius 3 is 2.47 bits per heavy atom. The van der Waals surface area contributed by atoms with Gasteiger partial charge in [0.25, 0.3) is 5.91 Å². The van der Waals surface area contributed by atoms with Crippen molar-refractivity contribution in [1.82, 2.24) is 10.2 Å². The smallest absolute Gasteiger partial charge is 0.340 e. The summed E-state index contributed by atoms with van der Waals surface area (Å²) in [4.78, 5) is 28.4. The number of nitrogens with two attached hydrogens (primary N) is 1. The fourth-order valence-electron chi connectivity index (χ4n) is 5.49. The number of carbonyl (C=O) groups is 2. The van der Waals surface area contributed by atoms with Crippen molar-refractivity contribution >= 4 is 21.7 Å². The van der Waals surface area contributed by atoms with Crippen molar-refractivity contribution in [3.05, 3.63) is 65.7 Å². The molecule has 38 heavy (non-hydrogen) atoms. The first-order valence-electron chi connectivity index (χ1n) is 12.8. The Bertz CT molecular complexity index is 1250. The molecule has 1 saturated heterocycles. The predicted molar refractivity (Wildman–Crippen MR) is 136 cm³/mol. The van der Waals surface area contributed by atoms with Gasteiger partial charge in [-0.15, -0.1) is 0 Å². The summed E-state index contributed by atoms with van der Waals surface area (Å²) in [6.45, 7) is 0.413. The van der Waals surface area contributed by atoms with Gasteiger partial charge in [-0.05, 0) is 74.8 Å². The first-order valence-corrected chi connectivity index (χ1v) is 14.4. The number of benzene rings is 2. The topological polar surface area (TPSA) is 110 Å². The van der Waals surface area contributed by atoms with Crippen molar-refractivity contribution in [2.45, 2.75) is 67.7 Å². The molecule has 0 bridgehead atoms. The molecule has 7 nitrogen and oxygen atoms in total. The van der Waals surface area contributed by atoms with Gasteiger partial charge in [0.05, 0.1) is 16.2 Å². The van der Waals surface area contributed by atoms with E-state index in [9.17, 15) is 31.2 Å². The SMILES string of the molecule is N[C@@H]1CCC(N2CCCC[C@H](NC(=O)c3cccc(C(F)(F)F)c3)C2=O)C(CS(=O)(=O)c2ccccc2)C1. The lowest BCUT2D eigenvalue weighted by Gasteiger charge is -2.42. The van der Waals surface area contributed by atoms with Gasteiger partial charge in [0, 0.05) is 24.2 Å². The molecular weight excluding hydrogens is 519 g/mol. The van der Waals surface area contributed by atoms with Crippen LogP contribution in [0.25, 0.3) is 0 Å². The van der Waals surface area contributed by atoms with E-state index in [1.54, 1.807) is 35.2 Å². The van der Waals surface area contributed by atoms with Crippen LogP contribution in [-0.4, -0.2) is 55.6 Å². The Kier molecular flexibility index (Phi) is 8.46. The average Bonchev–Trinajstić information content (AvgIpc) is 3.05. The molecule has 11 heteroatoms. The van der Waals surface area contributed by atoms with Crippen LogP contribution in [-0.2, 0) is 20.8 Å². The number of rotatable bonds is 6. The zero-order valence-corrected chi connectivity index (χ0v) is 21.7. The van der Waals surface area contributed by atoms with Crippen LogP contribution in [0.4, 0.5) is 13.2 Å². The maximum Gasteiger partial charge on any atom is 0.416 e. The van der Waals surface area contributed by atoms with Crippen molar-refractivity contribution in [2.75, 3.05) is 12.3 Å². The van der Waals surface area contributed by atoms with E-state index in [1.807, 2.05) is 0 Å². The molecule has 1 saturated carbocycles. The Morgan fingerprint density at radius 1 is 1.03 bits per heavy atom. The highest BCUT2D eigenvalue weighted by molar-refractivity contribution is 7.91. The number of nitrogens with one attached hydrogen (secondary N) is 1. The minimum absolute atomic E-state index is 0.152. The highest BCUT2D eigenvalue weighted by Gasteiger charge is 2.41. The van der Waals surface area contributed by atoms with Crippen LogP contribution >= 0.6 is 0 Å². The summed E-state index contributed by atoms with van der Waals surface area (Å²) >= 11 is 0. The molecule has 1 heterocycles. The van der Waals surface area contributed by atoms with E-state index in [0.29, 0.717) is 45.1 Å². The first kappa shape index (κ1) is 28.1. The van der Waals surface area contributed by atoms with Crippen LogP contribution in [0.5, 0.6) is 0 Å².